The Morgan fingerprint density at radius 2 is 1.87 bits per heavy atom. The Morgan fingerprint density at radius 3 is 2.53 bits per heavy atom. The van der Waals surface area contributed by atoms with Gasteiger partial charge in [-0.05, 0) is 25.2 Å². The van der Waals surface area contributed by atoms with Crippen LogP contribution in [0.2, 0.25) is 0 Å². The van der Waals surface area contributed by atoms with E-state index < -0.39 is 46.9 Å². The summed E-state index contributed by atoms with van der Waals surface area (Å²) in [4.78, 5) is 0. The monoisotopic (exact) mass is 425 g/mol. The van der Waals surface area contributed by atoms with E-state index in [0.717, 1.165) is 6.42 Å². The van der Waals surface area contributed by atoms with Crippen LogP contribution < -0.4 is 5.32 Å². The molecule has 0 radical (unpaired) electrons. The largest absolute Gasteiger partial charge is 0.392 e. The Kier molecular flexibility index (Phi) is 4.04. The van der Waals surface area contributed by atoms with Gasteiger partial charge in [0, 0.05) is 62.9 Å². The summed E-state index contributed by atoms with van der Waals surface area (Å²) in [5.41, 5.74) is -4.18. The number of aliphatic hydroxyl groups excluding tert-OH is 2. The zero-order valence-electron chi connectivity index (χ0n) is 18.0. The number of nitrogens with one attached hydrogen (secondary N) is 1. The minimum Gasteiger partial charge on any atom is -0.392 e. The van der Waals surface area contributed by atoms with Gasteiger partial charge in [-0.3, -0.25) is 0 Å². The Hall–Kier alpha value is -0.320. The molecule has 13 atom stereocenters. The second-order valence-corrected chi connectivity index (χ2v) is 11.0. The van der Waals surface area contributed by atoms with Gasteiger partial charge in [-0.2, -0.15) is 0 Å². The first kappa shape index (κ1) is 20.3. The Balaban J connectivity index is 1.64. The zero-order valence-corrected chi connectivity index (χ0v) is 18.0. The van der Waals surface area contributed by atoms with Gasteiger partial charge in [0.1, 0.15) is 11.2 Å². The molecular weight excluding hydrogens is 390 g/mol. The number of methoxy groups -OCH3 is 3. The van der Waals surface area contributed by atoms with E-state index in [0.29, 0.717) is 26.0 Å². The van der Waals surface area contributed by atoms with E-state index in [-0.39, 0.29) is 35.7 Å². The smallest absolute Gasteiger partial charge is 0.136 e. The molecule has 0 amide bonds. The topological polar surface area (TPSA) is 121 Å². The van der Waals surface area contributed by atoms with Crippen molar-refractivity contribution in [1.29, 1.82) is 0 Å². The number of rotatable bonds is 4. The summed E-state index contributed by atoms with van der Waals surface area (Å²) in [5, 5.41) is 51.2. The maximum absolute atomic E-state index is 12.5. The molecule has 6 aliphatic rings. The van der Waals surface area contributed by atoms with Crippen molar-refractivity contribution in [2.45, 2.75) is 67.3 Å². The van der Waals surface area contributed by atoms with Gasteiger partial charge in [-0.1, -0.05) is 0 Å². The zero-order chi connectivity index (χ0) is 21.3. The van der Waals surface area contributed by atoms with E-state index in [9.17, 15) is 20.4 Å². The van der Waals surface area contributed by atoms with Gasteiger partial charge >= 0.3 is 0 Å². The van der Waals surface area contributed by atoms with Gasteiger partial charge in [0.15, 0.2) is 0 Å². The standard InChI is InChI=1S/C22H35NO7/c1-28-9-19-5-4-13(24)21-11-6-10-12(29-2)7-20(26,14(11)15(10)25)22(27,18(21)23-8-19)17(30-3)16(19)21/h10-18,23-27H,4-9H2,1-3H3/t10-,11-,12+,13+,14-,15+,16-,17+,18?,19+,20-,21+,22+/m1/s1. The molecule has 1 unspecified atom stereocenters. The lowest BCUT2D eigenvalue weighted by atomic mass is 9.43. The average Bonchev–Trinajstić information content (AvgIpc) is 3.07. The van der Waals surface area contributed by atoms with Gasteiger partial charge in [-0.15, -0.1) is 0 Å². The van der Waals surface area contributed by atoms with Crippen LogP contribution in [0.4, 0.5) is 0 Å². The van der Waals surface area contributed by atoms with Crippen molar-refractivity contribution in [3.8, 4) is 0 Å². The van der Waals surface area contributed by atoms with Gasteiger partial charge < -0.3 is 40.0 Å². The highest BCUT2D eigenvalue weighted by atomic mass is 16.5. The number of fused-ring (bicyclic) bond motifs is 2. The predicted octanol–water partition coefficient (Wildman–Crippen LogP) is -1.12. The van der Waals surface area contributed by atoms with Crippen molar-refractivity contribution in [2.75, 3.05) is 34.5 Å². The Bertz CT molecular complexity index is 753. The minimum absolute atomic E-state index is 0.102. The summed E-state index contributed by atoms with van der Waals surface area (Å²) in [7, 11) is 4.89. The molecule has 1 saturated heterocycles. The molecule has 30 heavy (non-hydrogen) atoms. The molecule has 1 spiro atoms. The first-order valence-electron chi connectivity index (χ1n) is 11.4. The number of hydrogen-bond acceptors (Lipinski definition) is 8. The third kappa shape index (κ3) is 1.76. The number of aliphatic hydroxyl groups is 4. The fourth-order valence-corrected chi connectivity index (χ4v) is 10.0. The summed E-state index contributed by atoms with van der Waals surface area (Å²) in [5.74, 6) is -0.903. The van der Waals surface area contributed by atoms with E-state index in [2.05, 4.69) is 5.32 Å². The minimum atomic E-state index is -1.64. The molecule has 8 nitrogen and oxygen atoms in total. The molecule has 0 aromatic rings. The fourth-order valence-electron chi connectivity index (χ4n) is 10.0. The maximum atomic E-state index is 12.5. The fraction of sp³-hybridized carbons (Fsp3) is 1.00. The second kappa shape index (κ2) is 5.97. The van der Waals surface area contributed by atoms with E-state index in [1.54, 1.807) is 21.3 Å². The molecular formula is C22H35NO7. The van der Waals surface area contributed by atoms with Crippen molar-refractivity contribution >= 4 is 0 Å². The molecule has 5 aliphatic carbocycles. The molecule has 7 bridgehead atoms. The van der Waals surface area contributed by atoms with Crippen molar-refractivity contribution in [1.82, 2.24) is 5.32 Å². The van der Waals surface area contributed by atoms with Gasteiger partial charge in [-0.25, -0.2) is 0 Å². The second-order valence-electron chi connectivity index (χ2n) is 11.0. The molecule has 5 saturated carbocycles. The van der Waals surface area contributed by atoms with E-state index in [4.69, 9.17) is 14.2 Å². The van der Waals surface area contributed by atoms with E-state index >= 15 is 0 Å². The molecule has 6 fully saturated rings. The highest BCUT2D eigenvalue weighted by Gasteiger charge is 2.90. The third-order valence-electron chi connectivity index (χ3n) is 10.7. The van der Waals surface area contributed by atoms with E-state index in [1.807, 2.05) is 0 Å². The molecule has 170 valence electrons. The summed E-state index contributed by atoms with van der Waals surface area (Å²) in [6, 6.07) is -0.506. The highest BCUT2D eigenvalue weighted by Crippen LogP contribution is 2.78. The average molecular weight is 426 g/mol. The summed E-state index contributed by atoms with van der Waals surface area (Å²) in [6.07, 6.45) is -0.0887. The lowest BCUT2D eigenvalue weighted by Crippen LogP contribution is -2.81. The van der Waals surface area contributed by atoms with Crippen LogP contribution in [0.1, 0.15) is 25.7 Å². The van der Waals surface area contributed by atoms with Crippen LogP contribution in [0, 0.1) is 34.5 Å². The van der Waals surface area contributed by atoms with Crippen LogP contribution in [0.15, 0.2) is 0 Å². The lowest BCUT2D eigenvalue weighted by molar-refractivity contribution is -0.298. The van der Waals surface area contributed by atoms with Crippen molar-refractivity contribution in [3.63, 3.8) is 0 Å². The first-order chi connectivity index (χ1) is 14.3. The molecule has 1 aliphatic heterocycles. The normalized spacial score (nSPS) is 65.1. The molecule has 1 heterocycles. The molecule has 0 aromatic carbocycles. The third-order valence-corrected chi connectivity index (χ3v) is 10.7. The van der Waals surface area contributed by atoms with Crippen LogP contribution in [0.5, 0.6) is 0 Å². The number of ether oxygens (including phenoxy) is 3. The van der Waals surface area contributed by atoms with Crippen LogP contribution in [0.3, 0.4) is 0 Å². The predicted molar refractivity (Wildman–Crippen MR) is 104 cm³/mol. The summed E-state index contributed by atoms with van der Waals surface area (Å²) in [6.45, 7) is 1.16. The van der Waals surface area contributed by atoms with Crippen molar-refractivity contribution in [3.05, 3.63) is 0 Å². The SMILES string of the molecule is COC[C@]12CC[C@H](O)[C@]34C(NC1)[C@@](O)([C@@H](OC)[C@H]23)[C@@]1(O)C[C@H](OC)[C@H]2C[C@@H]4[C@@H]1[C@H]2O. The van der Waals surface area contributed by atoms with Crippen LogP contribution in [-0.4, -0.2) is 96.6 Å². The summed E-state index contributed by atoms with van der Waals surface area (Å²) >= 11 is 0. The van der Waals surface area contributed by atoms with Crippen LogP contribution in [-0.2, 0) is 14.2 Å². The highest BCUT2D eigenvalue weighted by molar-refractivity contribution is 5.41. The van der Waals surface area contributed by atoms with Crippen LogP contribution in [0.25, 0.3) is 0 Å². The number of hydrogen-bond donors (Lipinski definition) is 5. The summed E-state index contributed by atoms with van der Waals surface area (Å²) < 4.78 is 17.4. The van der Waals surface area contributed by atoms with Crippen molar-refractivity contribution in [2.24, 2.45) is 34.5 Å². The Labute approximate surface area is 176 Å². The van der Waals surface area contributed by atoms with Gasteiger partial charge in [0.2, 0.25) is 0 Å². The Morgan fingerprint density at radius 1 is 1.10 bits per heavy atom. The van der Waals surface area contributed by atoms with Gasteiger partial charge in [0.05, 0.1) is 37.1 Å². The van der Waals surface area contributed by atoms with Crippen LogP contribution >= 0.6 is 0 Å². The molecule has 5 N–H and O–H groups in total. The quantitative estimate of drug-likeness (QED) is 0.384. The molecule has 8 heteroatoms. The molecule has 0 aromatic heterocycles. The van der Waals surface area contributed by atoms with Crippen molar-refractivity contribution < 1.29 is 34.6 Å². The first-order valence-corrected chi connectivity index (χ1v) is 11.4. The lowest BCUT2D eigenvalue weighted by Gasteiger charge is -2.67. The number of piperidine rings is 1. The van der Waals surface area contributed by atoms with Gasteiger partial charge in [0.25, 0.3) is 0 Å². The molecule has 6 rings (SSSR count). The maximum Gasteiger partial charge on any atom is 0.136 e. The van der Waals surface area contributed by atoms with E-state index in [1.165, 1.54) is 0 Å².